The Morgan fingerprint density at radius 2 is 1.67 bits per heavy atom. The first-order valence-electron chi connectivity index (χ1n) is 9.23. The summed E-state index contributed by atoms with van der Waals surface area (Å²) in [7, 11) is 3.23. The second kappa shape index (κ2) is 9.56. The Kier molecular flexibility index (Phi) is 6.64. The zero-order valence-corrected chi connectivity index (χ0v) is 17.0. The molecule has 7 nitrogen and oxygen atoms in total. The Hall–Kier alpha value is -3.87. The molecule has 0 atom stereocenters. The standard InChI is InChI=1S/C23H22N2O5/c1-15(26)30-14-23(27)24-17-9-7-16(8-10-17)20-5-4-6-21(25-20)19-13-18(28-2)11-12-22(19)29-3/h4-13H,14H2,1-3H3,(H,24,27). The number of amides is 1. The molecule has 1 amide bonds. The number of aromatic nitrogens is 1. The van der Waals surface area contributed by atoms with E-state index < -0.39 is 11.9 Å². The fourth-order valence-corrected chi connectivity index (χ4v) is 2.85. The number of methoxy groups -OCH3 is 2. The third-order valence-corrected chi connectivity index (χ3v) is 4.30. The average Bonchev–Trinajstić information content (AvgIpc) is 2.78. The molecule has 1 N–H and O–H groups in total. The van der Waals surface area contributed by atoms with Crippen LogP contribution in [0, 0.1) is 0 Å². The number of pyridine rings is 1. The maximum Gasteiger partial charge on any atom is 0.303 e. The molecule has 0 spiro atoms. The van der Waals surface area contributed by atoms with Crippen LogP contribution in [0.1, 0.15) is 6.92 Å². The van der Waals surface area contributed by atoms with Gasteiger partial charge in [0.1, 0.15) is 11.5 Å². The van der Waals surface area contributed by atoms with Gasteiger partial charge >= 0.3 is 5.97 Å². The molecule has 0 fully saturated rings. The van der Waals surface area contributed by atoms with Crippen molar-refractivity contribution in [1.29, 1.82) is 0 Å². The molecule has 30 heavy (non-hydrogen) atoms. The third kappa shape index (κ3) is 5.14. The molecule has 1 aromatic heterocycles. The molecule has 1 heterocycles. The summed E-state index contributed by atoms with van der Waals surface area (Å²) in [5.74, 6) is 0.514. The van der Waals surface area contributed by atoms with Crippen LogP contribution in [0.25, 0.3) is 22.5 Å². The predicted molar refractivity (Wildman–Crippen MR) is 113 cm³/mol. The van der Waals surface area contributed by atoms with Crippen LogP contribution in [0.15, 0.2) is 60.7 Å². The Balaban J connectivity index is 1.81. The number of hydrogen-bond acceptors (Lipinski definition) is 6. The maximum absolute atomic E-state index is 11.8. The van der Waals surface area contributed by atoms with E-state index in [1.54, 1.807) is 26.4 Å². The first-order chi connectivity index (χ1) is 14.5. The molecule has 0 unspecified atom stereocenters. The van der Waals surface area contributed by atoms with Gasteiger partial charge in [0.25, 0.3) is 5.91 Å². The van der Waals surface area contributed by atoms with Crippen LogP contribution >= 0.6 is 0 Å². The summed E-state index contributed by atoms with van der Waals surface area (Å²) in [6.45, 7) is 0.938. The molecule has 154 valence electrons. The predicted octanol–water partition coefficient (Wildman–Crippen LogP) is 3.93. The van der Waals surface area contributed by atoms with E-state index in [9.17, 15) is 9.59 Å². The van der Waals surface area contributed by atoms with Crippen LogP contribution in [0.2, 0.25) is 0 Å². The summed E-state index contributed by atoms with van der Waals surface area (Å²) in [5.41, 5.74) is 3.84. The van der Waals surface area contributed by atoms with Crippen molar-refractivity contribution in [2.45, 2.75) is 6.92 Å². The summed E-state index contributed by atoms with van der Waals surface area (Å²) in [6.07, 6.45) is 0. The van der Waals surface area contributed by atoms with Gasteiger partial charge in [-0.1, -0.05) is 18.2 Å². The third-order valence-electron chi connectivity index (χ3n) is 4.30. The SMILES string of the molecule is COc1ccc(OC)c(-c2cccc(-c3ccc(NC(=O)COC(C)=O)cc3)n2)c1. The van der Waals surface area contributed by atoms with Gasteiger partial charge in [0, 0.05) is 23.7 Å². The molecule has 0 aliphatic carbocycles. The lowest BCUT2D eigenvalue weighted by molar-refractivity contribution is -0.144. The zero-order chi connectivity index (χ0) is 21.5. The van der Waals surface area contributed by atoms with Crippen molar-refractivity contribution in [3.8, 4) is 34.0 Å². The van der Waals surface area contributed by atoms with E-state index in [1.807, 2.05) is 48.5 Å². The van der Waals surface area contributed by atoms with Crippen LogP contribution in [0.3, 0.4) is 0 Å². The van der Waals surface area contributed by atoms with E-state index in [2.05, 4.69) is 10.1 Å². The number of ether oxygens (including phenoxy) is 3. The van der Waals surface area contributed by atoms with Gasteiger partial charge in [-0.25, -0.2) is 4.98 Å². The van der Waals surface area contributed by atoms with Gasteiger partial charge in [-0.05, 0) is 42.5 Å². The first kappa shape index (κ1) is 20.9. The minimum atomic E-state index is -0.501. The lowest BCUT2D eigenvalue weighted by Gasteiger charge is -2.11. The lowest BCUT2D eigenvalue weighted by atomic mass is 10.1. The molecule has 7 heteroatoms. The van der Waals surface area contributed by atoms with Crippen LogP contribution in [0.4, 0.5) is 5.69 Å². The van der Waals surface area contributed by atoms with Crippen molar-refractivity contribution in [2.75, 3.05) is 26.1 Å². The van der Waals surface area contributed by atoms with Gasteiger partial charge in [0.2, 0.25) is 0 Å². The number of rotatable bonds is 7. The van der Waals surface area contributed by atoms with Crippen molar-refractivity contribution in [2.24, 2.45) is 0 Å². The number of carbonyl (C=O) groups is 2. The molecule has 0 bridgehead atoms. The Morgan fingerprint density at radius 1 is 0.933 bits per heavy atom. The lowest BCUT2D eigenvalue weighted by Crippen LogP contribution is -2.19. The summed E-state index contributed by atoms with van der Waals surface area (Å²) >= 11 is 0. The number of anilines is 1. The second-order valence-corrected chi connectivity index (χ2v) is 6.38. The van der Waals surface area contributed by atoms with Crippen LogP contribution in [0.5, 0.6) is 11.5 Å². The molecular formula is C23H22N2O5. The van der Waals surface area contributed by atoms with E-state index in [4.69, 9.17) is 14.5 Å². The Morgan fingerprint density at radius 3 is 2.33 bits per heavy atom. The smallest absolute Gasteiger partial charge is 0.303 e. The van der Waals surface area contributed by atoms with Crippen molar-refractivity contribution in [3.05, 3.63) is 60.7 Å². The van der Waals surface area contributed by atoms with Gasteiger partial charge in [-0.15, -0.1) is 0 Å². The first-order valence-corrected chi connectivity index (χ1v) is 9.23. The Bertz CT molecular complexity index is 1050. The van der Waals surface area contributed by atoms with Crippen LogP contribution in [-0.2, 0) is 14.3 Å². The molecule has 0 aliphatic rings. The zero-order valence-electron chi connectivity index (χ0n) is 17.0. The quantitative estimate of drug-likeness (QED) is 0.598. The number of carbonyl (C=O) groups excluding carboxylic acids is 2. The molecule has 0 saturated heterocycles. The van der Waals surface area contributed by atoms with Crippen LogP contribution in [-0.4, -0.2) is 37.7 Å². The summed E-state index contributed by atoms with van der Waals surface area (Å²) in [6, 6.07) is 18.5. The normalized spacial score (nSPS) is 10.2. The largest absolute Gasteiger partial charge is 0.497 e. The molecular weight excluding hydrogens is 384 g/mol. The highest BCUT2D eigenvalue weighted by Gasteiger charge is 2.11. The minimum Gasteiger partial charge on any atom is -0.497 e. The highest BCUT2D eigenvalue weighted by Crippen LogP contribution is 2.33. The molecule has 2 aromatic carbocycles. The van der Waals surface area contributed by atoms with Gasteiger partial charge in [-0.2, -0.15) is 0 Å². The van der Waals surface area contributed by atoms with E-state index in [1.165, 1.54) is 6.92 Å². The van der Waals surface area contributed by atoms with E-state index >= 15 is 0 Å². The Labute approximate surface area is 174 Å². The van der Waals surface area contributed by atoms with Crippen molar-refractivity contribution < 1.29 is 23.8 Å². The van der Waals surface area contributed by atoms with Gasteiger partial charge in [0.15, 0.2) is 6.61 Å². The highest BCUT2D eigenvalue weighted by molar-refractivity contribution is 5.92. The van der Waals surface area contributed by atoms with E-state index in [-0.39, 0.29) is 6.61 Å². The number of nitrogens with zero attached hydrogens (tertiary/aromatic N) is 1. The summed E-state index contributed by atoms with van der Waals surface area (Å²) in [5, 5.41) is 2.67. The summed E-state index contributed by atoms with van der Waals surface area (Å²) in [4.78, 5) is 27.3. The number of benzene rings is 2. The number of nitrogens with one attached hydrogen (secondary N) is 1. The van der Waals surface area contributed by atoms with Gasteiger partial charge < -0.3 is 19.5 Å². The fourth-order valence-electron chi connectivity index (χ4n) is 2.85. The molecule has 0 radical (unpaired) electrons. The molecule has 3 rings (SSSR count). The highest BCUT2D eigenvalue weighted by atomic mass is 16.5. The molecule has 3 aromatic rings. The van der Waals surface area contributed by atoms with Crippen molar-refractivity contribution >= 4 is 17.6 Å². The van der Waals surface area contributed by atoms with E-state index in [0.717, 1.165) is 22.5 Å². The van der Waals surface area contributed by atoms with Crippen molar-refractivity contribution in [1.82, 2.24) is 4.98 Å². The van der Waals surface area contributed by atoms with Crippen molar-refractivity contribution in [3.63, 3.8) is 0 Å². The number of esters is 1. The van der Waals surface area contributed by atoms with Gasteiger partial charge in [0.05, 0.1) is 25.6 Å². The monoisotopic (exact) mass is 406 g/mol. The minimum absolute atomic E-state index is 0.316. The number of hydrogen-bond donors (Lipinski definition) is 1. The van der Waals surface area contributed by atoms with Gasteiger partial charge in [-0.3, -0.25) is 9.59 Å². The van der Waals surface area contributed by atoms with Crippen LogP contribution < -0.4 is 14.8 Å². The topological polar surface area (TPSA) is 86.8 Å². The summed E-state index contributed by atoms with van der Waals surface area (Å²) < 4.78 is 15.5. The average molecular weight is 406 g/mol. The molecule has 0 aliphatic heterocycles. The fraction of sp³-hybridized carbons (Fsp3) is 0.174. The van der Waals surface area contributed by atoms with E-state index in [0.29, 0.717) is 17.2 Å². The maximum atomic E-state index is 11.8. The molecule has 0 saturated carbocycles. The second-order valence-electron chi connectivity index (χ2n) is 6.38.